The number of carbonyl (C=O) groups is 1. The van der Waals surface area contributed by atoms with Crippen molar-refractivity contribution in [2.24, 2.45) is 0 Å². The van der Waals surface area contributed by atoms with Gasteiger partial charge < -0.3 is 14.9 Å². The summed E-state index contributed by atoms with van der Waals surface area (Å²) in [5.41, 5.74) is 2.23. The van der Waals surface area contributed by atoms with Crippen molar-refractivity contribution >= 4 is 16.7 Å². The lowest BCUT2D eigenvalue weighted by atomic mass is 9.68. The average Bonchev–Trinajstić information content (AvgIpc) is 2.61. The molecule has 0 aromatic heterocycles. The summed E-state index contributed by atoms with van der Waals surface area (Å²) in [7, 11) is 0. The Hall–Kier alpha value is -3.01. The largest absolute Gasteiger partial charge is 0.508 e. The molecule has 0 aliphatic carbocycles. The Kier molecular flexibility index (Phi) is 3.65. The second kappa shape index (κ2) is 5.77. The number of hydrogen-bond donors (Lipinski definition) is 2. The maximum absolute atomic E-state index is 11.1. The Balaban J connectivity index is 1.79. The lowest BCUT2D eigenvalue weighted by Crippen LogP contribution is -2.35. The number of aromatic carboxylic acids is 1. The molecule has 0 saturated carbocycles. The van der Waals surface area contributed by atoms with Crippen molar-refractivity contribution in [2.75, 3.05) is 6.61 Å². The molecular weight excluding hydrogens is 328 g/mol. The van der Waals surface area contributed by atoms with Gasteiger partial charge in [0.15, 0.2) is 0 Å². The number of phenolic OH excluding ortho intramolecular Hbond substituents is 1. The molecule has 1 unspecified atom stereocenters. The van der Waals surface area contributed by atoms with Gasteiger partial charge in [0.1, 0.15) is 11.5 Å². The van der Waals surface area contributed by atoms with Gasteiger partial charge in [0.2, 0.25) is 0 Å². The van der Waals surface area contributed by atoms with Gasteiger partial charge >= 0.3 is 5.97 Å². The average molecular weight is 348 g/mol. The molecular formula is C22H20O4. The smallest absolute Gasteiger partial charge is 0.335 e. The van der Waals surface area contributed by atoms with Crippen LogP contribution >= 0.6 is 0 Å². The van der Waals surface area contributed by atoms with Gasteiger partial charge in [-0.25, -0.2) is 4.79 Å². The molecule has 3 aromatic rings. The predicted molar refractivity (Wildman–Crippen MR) is 100 cm³/mol. The number of phenols is 1. The van der Waals surface area contributed by atoms with E-state index in [1.165, 1.54) is 0 Å². The standard InChI is InChI=1S/C22H20O4/c1-22(2)18-10-16-9-17(23)8-7-15(16)11-20(18)26-12-19(22)13-3-5-14(6-4-13)21(24)25/h3-11,19,23H,12H2,1-2H3,(H,24,25). The van der Waals surface area contributed by atoms with Crippen LogP contribution in [-0.2, 0) is 5.41 Å². The van der Waals surface area contributed by atoms with Crippen LogP contribution in [0.3, 0.4) is 0 Å². The van der Waals surface area contributed by atoms with Crippen molar-refractivity contribution in [3.05, 3.63) is 71.3 Å². The Morgan fingerprint density at radius 1 is 1.04 bits per heavy atom. The lowest BCUT2D eigenvalue weighted by Gasteiger charge is -2.40. The highest BCUT2D eigenvalue weighted by Crippen LogP contribution is 2.47. The van der Waals surface area contributed by atoms with Gasteiger partial charge in [-0.15, -0.1) is 0 Å². The summed E-state index contributed by atoms with van der Waals surface area (Å²) in [6.45, 7) is 4.90. The molecule has 0 amide bonds. The highest BCUT2D eigenvalue weighted by molar-refractivity contribution is 5.88. The molecule has 1 aliphatic heterocycles. The normalized spacial score (nSPS) is 18.2. The van der Waals surface area contributed by atoms with Crippen LogP contribution < -0.4 is 4.74 Å². The zero-order valence-electron chi connectivity index (χ0n) is 14.7. The maximum atomic E-state index is 11.1. The topological polar surface area (TPSA) is 66.8 Å². The van der Waals surface area contributed by atoms with Gasteiger partial charge in [0, 0.05) is 16.9 Å². The molecule has 4 rings (SSSR count). The van der Waals surface area contributed by atoms with Gasteiger partial charge in [-0.05, 0) is 52.7 Å². The van der Waals surface area contributed by atoms with Crippen LogP contribution in [0.4, 0.5) is 0 Å². The molecule has 132 valence electrons. The molecule has 2 N–H and O–H groups in total. The van der Waals surface area contributed by atoms with E-state index in [4.69, 9.17) is 9.84 Å². The first-order chi connectivity index (χ1) is 12.4. The van der Waals surface area contributed by atoms with E-state index in [-0.39, 0.29) is 22.6 Å². The van der Waals surface area contributed by atoms with Crippen LogP contribution in [0.15, 0.2) is 54.6 Å². The zero-order chi connectivity index (χ0) is 18.5. The van der Waals surface area contributed by atoms with Crippen LogP contribution in [0.2, 0.25) is 0 Å². The van der Waals surface area contributed by atoms with E-state index in [2.05, 4.69) is 19.9 Å². The van der Waals surface area contributed by atoms with E-state index >= 15 is 0 Å². The lowest BCUT2D eigenvalue weighted by molar-refractivity contribution is 0.0697. The Bertz CT molecular complexity index is 1000. The minimum absolute atomic E-state index is 0.104. The van der Waals surface area contributed by atoms with Crippen molar-refractivity contribution in [3.63, 3.8) is 0 Å². The second-order valence-electron chi connectivity index (χ2n) is 7.39. The molecule has 0 spiro atoms. The van der Waals surface area contributed by atoms with Crippen LogP contribution in [-0.4, -0.2) is 22.8 Å². The number of hydrogen-bond acceptors (Lipinski definition) is 3. The van der Waals surface area contributed by atoms with Crippen molar-refractivity contribution in [3.8, 4) is 11.5 Å². The molecule has 1 heterocycles. The number of carboxylic acid groups (broad SMARTS) is 1. The van der Waals surface area contributed by atoms with Crippen molar-refractivity contribution in [1.29, 1.82) is 0 Å². The zero-order valence-corrected chi connectivity index (χ0v) is 14.7. The summed E-state index contributed by atoms with van der Waals surface area (Å²) in [6, 6.07) is 16.5. The van der Waals surface area contributed by atoms with Crippen molar-refractivity contribution in [1.82, 2.24) is 0 Å². The minimum atomic E-state index is -0.924. The Morgan fingerprint density at radius 3 is 2.46 bits per heavy atom. The van der Waals surface area contributed by atoms with Gasteiger partial charge in [0.25, 0.3) is 0 Å². The van der Waals surface area contributed by atoms with Crippen LogP contribution in [0.5, 0.6) is 11.5 Å². The molecule has 1 aliphatic rings. The number of benzene rings is 3. The highest BCUT2D eigenvalue weighted by Gasteiger charge is 2.39. The Labute approximate surface area is 151 Å². The summed E-state index contributed by atoms with van der Waals surface area (Å²) in [5.74, 6) is 0.291. The molecule has 26 heavy (non-hydrogen) atoms. The van der Waals surface area contributed by atoms with Gasteiger partial charge in [-0.2, -0.15) is 0 Å². The summed E-state index contributed by atoms with van der Waals surface area (Å²) in [4.78, 5) is 11.1. The molecule has 0 saturated heterocycles. The number of ether oxygens (including phenoxy) is 1. The molecule has 4 heteroatoms. The molecule has 1 atom stereocenters. The first-order valence-electron chi connectivity index (χ1n) is 8.59. The third-order valence-corrected chi connectivity index (χ3v) is 5.45. The van der Waals surface area contributed by atoms with Gasteiger partial charge in [-0.3, -0.25) is 0 Å². The Morgan fingerprint density at radius 2 is 1.77 bits per heavy atom. The SMILES string of the molecule is CC1(C)c2cc3cc(O)ccc3cc2OCC1c1ccc(C(=O)O)cc1. The summed E-state index contributed by atoms with van der Waals surface area (Å²) >= 11 is 0. The molecule has 3 aromatic carbocycles. The van der Waals surface area contributed by atoms with Gasteiger partial charge in [-0.1, -0.05) is 32.0 Å². The van der Waals surface area contributed by atoms with Gasteiger partial charge in [0.05, 0.1) is 12.2 Å². The van der Waals surface area contributed by atoms with Crippen LogP contribution in [0, 0.1) is 0 Å². The summed E-state index contributed by atoms with van der Waals surface area (Å²) < 4.78 is 6.06. The third-order valence-electron chi connectivity index (χ3n) is 5.45. The summed E-state index contributed by atoms with van der Waals surface area (Å²) in [5, 5.41) is 20.9. The van der Waals surface area contributed by atoms with Crippen molar-refractivity contribution in [2.45, 2.75) is 25.2 Å². The van der Waals surface area contributed by atoms with Crippen LogP contribution in [0.25, 0.3) is 10.8 Å². The third kappa shape index (κ3) is 2.58. The number of aromatic hydroxyl groups is 1. The number of fused-ring (bicyclic) bond motifs is 2. The monoisotopic (exact) mass is 348 g/mol. The van der Waals surface area contributed by atoms with E-state index in [1.807, 2.05) is 24.3 Å². The number of carboxylic acids is 1. The summed E-state index contributed by atoms with van der Waals surface area (Å²) in [6.07, 6.45) is 0. The quantitative estimate of drug-likeness (QED) is 0.704. The van der Waals surface area contributed by atoms with E-state index < -0.39 is 5.97 Å². The fourth-order valence-corrected chi connectivity index (χ4v) is 3.83. The van der Waals surface area contributed by atoms with E-state index in [0.717, 1.165) is 27.6 Å². The predicted octanol–water partition coefficient (Wildman–Crippen LogP) is 4.70. The minimum Gasteiger partial charge on any atom is -0.508 e. The number of rotatable bonds is 2. The molecule has 4 nitrogen and oxygen atoms in total. The highest BCUT2D eigenvalue weighted by atomic mass is 16.5. The first kappa shape index (κ1) is 16.5. The van der Waals surface area contributed by atoms with E-state index in [1.54, 1.807) is 24.3 Å². The fourth-order valence-electron chi connectivity index (χ4n) is 3.83. The fraction of sp³-hybridized carbons (Fsp3) is 0.227. The van der Waals surface area contributed by atoms with E-state index in [0.29, 0.717) is 6.61 Å². The molecule has 0 radical (unpaired) electrons. The van der Waals surface area contributed by atoms with E-state index in [9.17, 15) is 9.90 Å². The second-order valence-corrected chi connectivity index (χ2v) is 7.39. The molecule has 0 bridgehead atoms. The van der Waals surface area contributed by atoms with Crippen molar-refractivity contribution < 1.29 is 19.7 Å². The maximum Gasteiger partial charge on any atom is 0.335 e. The van der Waals surface area contributed by atoms with Crippen LogP contribution in [0.1, 0.15) is 41.3 Å². The molecule has 0 fully saturated rings. The first-order valence-corrected chi connectivity index (χ1v) is 8.59.